The van der Waals surface area contributed by atoms with E-state index in [0.29, 0.717) is 11.8 Å². The average molecular weight is 364 g/mol. The first-order valence-electron chi connectivity index (χ1n) is 9.33. The van der Waals surface area contributed by atoms with Crippen molar-refractivity contribution in [2.24, 2.45) is 0 Å². The van der Waals surface area contributed by atoms with Crippen LogP contribution >= 0.6 is 0 Å². The number of aromatic nitrogens is 2. The third kappa shape index (κ3) is 2.31. The highest BCUT2D eigenvalue weighted by atomic mass is 16.5. The summed E-state index contributed by atoms with van der Waals surface area (Å²) < 4.78 is 12.1. The van der Waals surface area contributed by atoms with Crippen LogP contribution in [0.3, 0.4) is 0 Å². The van der Waals surface area contributed by atoms with Crippen molar-refractivity contribution >= 4 is 0 Å². The molecule has 0 saturated carbocycles. The topological polar surface area (TPSA) is 44.2 Å². The molecule has 2 aliphatic rings. The summed E-state index contributed by atoms with van der Waals surface area (Å²) >= 11 is 0. The van der Waals surface area contributed by atoms with Gasteiger partial charge in [0.25, 0.3) is 0 Å². The minimum atomic E-state index is 0.0780. The Balaban J connectivity index is 1.50. The molecule has 1 atom stereocenters. The predicted molar refractivity (Wildman–Crippen MR) is 105 cm³/mol. The van der Waals surface area contributed by atoms with Crippen LogP contribution in [0.15, 0.2) is 79.1 Å². The van der Waals surface area contributed by atoms with Crippen LogP contribution in [0.4, 0.5) is 0 Å². The highest BCUT2D eigenvalue weighted by Gasteiger charge is 2.30. The second-order valence-electron chi connectivity index (χ2n) is 7.08. The molecule has 28 heavy (non-hydrogen) atoms. The molecular formula is C24H16N2O2. The van der Waals surface area contributed by atoms with Crippen molar-refractivity contribution < 1.29 is 9.47 Å². The molecule has 0 spiro atoms. The number of rotatable bonds is 1. The van der Waals surface area contributed by atoms with Gasteiger partial charge in [-0.15, -0.1) is 0 Å². The summed E-state index contributed by atoms with van der Waals surface area (Å²) in [5.74, 6) is 3.20. The Labute approximate surface area is 162 Å². The van der Waals surface area contributed by atoms with Crippen LogP contribution in [0.2, 0.25) is 0 Å². The van der Waals surface area contributed by atoms with Gasteiger partial charge in [0.1, 0.15) is 11.5 Å². The molecule has 0 radical (unpaired) electrons. The van der Waals surface area contributed by atoms with Crippen molar-refractivity contribution in [3.05, 3.63) is 107 Å². The maximum absolute atomic E-state index is 6.04. The lowest BCUT2D eigenvalue weighted by molar-refractivity contribution is 0.432. The number of hydrogen-bond donors (Lipinski definition) is 0. The number of fused-ring (bicyclic) bond motifs is 4. The van der Waals surface area contributed by atoms with Gasteiger partial charge in [-0.05, 0) is 35.4 Å². The summed E-state index contributed by atoms with van der Waals surface area (Å²) in [5.41, 5.74) is 5.73. The van der Waals surface area contributed by atoms with E-state index in [1.807, 2.05) is 24.3 Å². The van der Waals surface area contributed by atoms with Crippen LogP contribution in [0.1, 0.15) is 33.7 Å². The van der Waals surface area contributed by atoms with Gasteiger partial charge < -0.3 is 9.47 Å². The van der Waals surface area contributed by atoms with Crippen molar-refractivity contribution in [3.63, 3.8) is 0 Å². The average Bonchev–Trinajstić information content (AvgIpc) is 2.75. The lowest BCUT2D eigenvalue weighted by atomic mass is 9.82. The molecule has 2 aromatic carbocycles. The van der Waals surface area contributed by atoms with E-state index < -0.39 is 0 Å². The maximum Gasteiger partial charge on any atom is 0.223 e. The first-order chi connectivity index (χ1) is 13.9. The van der Waals surface area contributed by atoms with Crippen LogP contribution in [-0.4, -0.2) is 9.97 Å². The number of hydrogen-bond acceptors (Lipinski definition) is 4. The zero-order valence-corrected chi connectivity index (χ0v) is 15.0. The van der Waals surface area contributed by atoms with Crippen LogP contribution in [0, 0.1) is 0 Å². The van der Waals surface area contributed by atoms with E-state index in [0.717, 1.165) is 34.6 Å². The van der Waals surface area contributed by atoms with E-state index >= 15 is 0 Å². The van der Waals surface area contributed by atoms with Crippen molar-refractivity contribution in [2.45, 2.75) is 12.3 Å². The molecule has 4 nitrogen and oxygen atoms in total. The van der Waals surface area contributed by atoms with Crippen LogP contribution < -0.4 is 9.47 Å². The van der Waals surface area contributed by atoms with Crippen molar-refractivity contribution in [3.8, 4) is 23.3 Å². The molecule has 0 N–H and O–H groups in total. The molecule has 0 aliphatic carbocycles. The zero-order chi connectivity index (χ0) is 18.5. The van der Waals surface area contributed by atoms with Gasteiger partial charge in [-0.2, -0.15) is 0 Å². The first-order valence-corrected chi connectivity index (χ1v) is 9.33. The molecule has 0 bridgehead atoms. The molecule has 134 valence electrons. The fourth-order valence-corrected chi connectivity index (χ4v) is 4.13. The molecule has 4 aromatic rings. The van der Waals surface area contributed by atoms with Gasteiger partial charge >= 0.3 is 0 Å². The Morgan fingerprint density at radius 1 is 0.679 bits per heavy atom. The van der Waals surface area contributed by atoms with Gasteiger partial charge in [0.2, 0.25) is 11.8 Å². The standard InChI is InChI=1S/C24H16N2O2/c1-2-8-21-18(6-1)22(19-7-4-12-26-24(19)28-21)15-9-10-20-17(13-15)14-16-5-3-11-25-23(16)27-20/h1-13,22H,14H2. The largest absolute Gasteiger partial charge is 0.438 e. The Hall–Kier alpha value is -3.66. The fourth-order valence-electron chi connectivity index (χ4n) is 4.13. The van der Waals surface area contributed by atoms with E-state index in [1.54, 1.807) is 12.4 Å². The Bertz CT molecular complexity index is 1170. The fraction of sp³-hybridized carbons (Fsp3) is 0.0833. The van der Waals surface area contributed by atoms with Gasteiger partial charge in [0.15, 0.2) is 0 Å². The van der Waals surface area contributed by atoms with Crippen LogP contribution in [0.5, 0.6) is 23.3 Å². The molecule has 4 heteroatoms. The minimum Gasteiger partial charge on any atom is -0.438 e. The summed E-state index contributed by atoms with van der Waals surface area (Å²) in [6, 6.07) is 22.7. The highest BCUT2D eigenvalue weighted by Crippen LogP contribution is 2.47. The van der Waals surface area contributed by atoms with Crippen molar-refractivity contribution in [1.82, 2.24) is 9.97 Å². The SMILES string of the molecule is c1cnc2c(c1)Cc1cc(C3c4ccccc4Oc4ncccc43)ccc1O2. The molecule has 4 heterocycles. The number of para-hydroxylation sites is 1. The van der Waals surface area contributed by atoms with Gasteiger partial charge in [-0.25, -0.2) is 9.97 Å². The maximum atomic E-state index is 6.04. The second kappa shape index (κ2) is 5.92. The van der Waals surface area contributed by atoms with Gasteiger partial charge in [-0.1, -0.05) is 42.5 Å². The highest BCUT2D eigenvalue weighted by molar-refractivity contribution is 5.58. The van der Waals surface area contributed by atoms with E-state index in [1.165, 1.54) is 11.1 Å². The summed E-state index contributed by atoms with van der Waals surface area (Å²) in [5, 5.41) is 0. The van der Waals surface area contributed by atoms with E-state index in [9.17, 15) is 0 Å². The van der Waals surface area contributed by atoms with Crippen molar-refractivity contribution in [1.29, 1.82) is 0 Å². The Morgan fingerprint density at radius 2 is 1.46 bits per heavy atom. The quantitative estimate of drug-likeness (QED) is 0.389. The second-order valence-corrected chi connectivity index (χ2v) is 7.08. The van der Waals surface area contributed by atoms with Crippen LogP contribution in [-0.2, 0) is 6.42 Å². The molecule has 1 unspecified atom stereocenters. The van der Waals surface area contributed by atoms with Gasteiger partial charge in [-0.3, -0.25) is 0 Å². The number of ether oxygens (including phenoxy) is 2. The number of nitrogens with zero attached hydrogens (tertiary/aromatic N) is 2. The monoisotopic (exact) mass is 364 g/mol. The number of benzene rings is 2. The van der Waals surface area contributed by atoms with Gasteiger partial charge in [0, 0.05) is 41.4 Å². The molecule has 6 rings (SSSR count). The minimum absolute atomic E-state index is 0.0780. The summed E-state index contributed by atoms with van der Waals surface area (Å²) in [7, 11) is 0. The lowest BCUT2D eigenvalue weighted by Gasteiger charge is -2.28. The molecular weight excluding hydrogens is 348 g/mol. The lowest BCUT2D eigenvalue weighted by Crippen LogP contribution is -2.13. The third-order valence-corrected chi connectivity index (χ3v) is 5.40. The summed E-state index contributed by atoms with van der Waals surface area (Å²) in [6.07, 6.45) is 4.35. The predicted octanol–water partition coefficient (Wildman–Crippen LogP) is 5.46. The zero-order valence-electron chi connectivity index (χ0n) is 15.0. The van der Waals surface area contributed by atoms with E-state index in [-0.39, 0.29) is 5.92 Å². The molecule has 0 fully saturated rings. The van der Waals surface area contributed by atoms with Crippen molar-refractivity contribution in [2.75, 3.05) is 0 Å². The molecule has 2 aliphatic heterocycles. The number of pyridine rings is 2. The van der Waals surface area contributed by atoms with Gasteiger partial charge in [0.05, 0.1) is 0 Å². The normalized spacial score (nSPS) is 15.9. The molecule has 0 amide bonds. The summed E-state index contributed by atoms with van der Waals surface area (Å²) in [6.45, 7) is 0. The third-order valence-electron chi connectivity index (χ3n) is 5.40. The van der Waals surface area contributed by atoms with E-state index in [2.05, 4.69) is 52.4 Å². The smallest absolute Gasteiger partial charge is 0.223 e. The van der Waals surface area contributed by atoms with Crippen LogP contribution in [0.25, 0.3) is 0 Å². The molecule has 2 aromatic heterocycles. The first kappa shape index (κ1) is 15.4. The van der Waals surface area contributed by atoms with E-state index in [4.69, 9.17) is 9.47 Å². The summed E-state index contributed by atoms with van der Waals surface area (Å²) in [4.78, 5) is 8.80. The Kier molecular flexibility index (Phi) is 3.26. The molecule has 0 saturated heterocycles. The Morgan fingerprint density at radius 3 is 2.43 bits per heavy atom.